The Balaban J connectivity index is 2.17. The second-order valence-electron chi connectivity index (χ2n) is 5.53. The van der Waals surface area contributed by atoms with Crippen LogP contribution in [0.3, 0.4) is 0 Å². The normalized spacial score (nSPS) is 10.7. The predicted molar refractivity (Wildman–Crippen MR) is 90.1 cm³/mol. The minimum atomic E-state index is 0.0477. The molecule has 1 aromatic carbocycles. The first kappa shape index (κ1) is 15.6. The zero-order valence-electron chi connectivity index (χ0n) is 13.0. The van der Waals surface area contributed by atoms with Crippen LogP contribution in [-0.2, 0) is 6.54 Å². The van der Waals surface area contributed by atoms with Crippen molar-refractivity contribution in [1.29, 1.82) is 0 Å². The van der Waals surface area contributed by atoms with Crippen molar-refractivity contribution in [1.82, 2.24) is 4.90 Å². The van der Waals surface area contributed by atoms with E-state index in [0.29, 0.717) is 12.6 Å². The van der Waals surface area contributed by atoms with Crippen molar-refractivity contribution in [2.75, 3.05) is 12.4 Å². The number of carbonyl (C=O) groups excluding carboxylic acids is 1. The number of hydrogen-bond acceptors (Lipinski definition) is 3. The van der Waals surface area contributed by atoms with Crippen LogP contribution in [0.4, 0.5) is 5.69 Å². The highest BCUT2D eigenvalue weighted by Gasteiger charge is 2.17. The summed E-state index contributed by atoms with van der Waals surface area (Å²) in [4.78, 5) is 15.7. The van der Waals surface area contributed by atoms with E-state index in [0.717, 1.165) is 11.3 Å². The number of carbonyl (C=O) groups is 1. The van der Waals surface area contributed by atoms with Gasteiger partial charge in [0.1, 0.15) is 0 Å². The van der Waals surface area contributed by atoms with Gasteiger partial charge in [0.25, 0.3) is 5.91 Å². The predicted octanol–water partition coefficient (Wildman–Crippen LogP) is 4.15. The molecular formula is C17H22N2OS. The van der Waals surface area contributed by atoms with Crippen molar-refractivity contribution < 1.29 is 4.79 Å². The SMILES string of the molecule is Cc1ccsc1CN(C)C(=O)c1ccccc1NC(C)C. The Morgan fingerprint density at radius 2 is 2.00 bits per heavy atom. The second kappa shape index (κ2) is 6.76. The summed E-state index contributed by atoms with van der Waals surface area (Å²) in [6, 6.07) is 10.1. The molecule has 0 aliphatic rings. The van der Waals surface area contributed by atoms with Crippen LogP contribution >= 0.6 is 11.3 Å². The minimum absolute atomic E-state index is 0.0477. The van der Waals surface area contributed by atoms with Gasteiger partial charge in [-0.25, -0.2) is 0 Å². The number of aryl methyl sites for hydroxylation is 1. The summed E-state index contributed by atoms with van der Waals surface area (Å²) in [5.74, 6) is 0.0477. The fourth-order valence-electron chi connectivity index (χ4n) is 2.17. The minimum Gasteiger partial charge on any atom is -0.382 e. The molecule has 1 aromatic heterocycles. The molecular weight excluding hydrogens is 280 g/mol. The molecule has 1 amide bonds. The third-order valence-corrected chi connectivity index (χ3v) is 4.31. The van der Waals surface area contributed by atoms with Crippen LogP contribution in [-0.4, -0.2) is 23.9 Å². The van der Waals surface area contributed by atoms with Gasteiger partial charge in [-0.1, -0.05) is 12.1 Å². The number of anilines is 1. The Morgan fingerprint density at radius 3 is 2.62 bits per heavy atom. The highest BCUT2D eigenvalue weighted by atomic mass is 32.1. The van der Waals surface area contributed by atoms with E-state index in [1.807, 2.05) is 31.3 Å². The number of amides is 1. The van der Waals surface area contributed by atoms with E-state index in [1.54, 1.807) is 16.2 Å². The fraction of sp³-hybridized carbons (Fsp3) is 0.353. The summed E-state index contributed by atoms with van der Waals surface area (Å²) in [5, 5.41) is 5.40. The molecule has 0 saturated heterocycles. The molecule has 0 bridgehead atoms. The molecule has 0 unspecified atom stereocenters. The summed E-state index contributed by atoms with van der Waals surface area (Å²) in [5.41, 5.74) is 2.86. The lowest BCUT2D eigenvalue weighted by molar-refractivity contribution is 0.0787. The highest BCUT2D eigenvalue weighted by Crippen LogP contribution is 2.21. The Labute approximate surface area is 130 Å². The van der Waals surface area contributed by atoms with E-state index < -0.39 is 0 Å². The average Bonchev–Trinajstić information content (AvgIpc) is 2.83. The molecule has 2 aromatic rings. The lowest BCUT2D eigenvalue weighted by atomic mass is 10.1. The number of nitrogens with one attached hydrogen (secondary N) is 1. The van der Waals surface area contributed by atoms with Crippen molar-refractivity contribution >= 4 is 22.9 Å². The first-order valence-corrected chi connectivity index (χ1v) is 8.01. The molecule has 4 heteroatoms. The second-order valence-corrected chi connectivity index (χ2v) is 6.53. The summed E-state index contributed by atoms with van der Waals surface area (Å²) in [6.45, 7) is 6.87. The Kier molecular flexibility index (Phi) is 5.02. The van der Waals surface area contributed by atoms with Crippen molar-refractivity contribution in [3.05, 3.63) is 51.7 Å². The van der Waals surface area contributed by atoms with Gasteiger partial charge in [-0.15, -0.1) is 11.3 Å². The molecule has 21 heavy (non-hydrogen) atoms. The maximum absolute atomic E-state index is 12.7. The van der Waals surface area contributed by atoms with Gasteiger partial charge >= 0.3 is 0 Å². The van der Waals surface area contributed by atoms with Gasteiger partial charge in [0.05, 0.1) is 12.1 Å². The van der Waals surface area contributed by atoms with E-state index in [2.05, 4.69) is 37.5 Å². The summed E-state index contributed by atoms with van der Waals surface area (Å²) in [6.07, 6.45) is 0. The molecule has 0 aliphatic carbocycles. The maximum Gasteiger partial charge on any atom is 0.256 e. The van der Waals surface area contributed by atoms with Crippen LogP contribution in [0.2, 0.25) is 0 Å². The zero-order chi connectivity index (χ0) is 15.4. The number of nitrogens with zero attached hydrogens (tertiary/aromatic N) is 1. The van der Waals surface area contributed by atoms with Crippen LogP contribution in [0.1, 0.15) is 34.6 Å². The van der Waals surface area contributed by atoms with Crippen molar-refractivity contribution in [3.63, 3.8) is 0 Å². The van der Waals surface area contributed by atoms with Crippen LogP contribution in [0.25, 0.3) is 0 Å². The Hall–Kier alpha value is -1.81. The van der Waals surface area contributed by atoms with Crippen LogP contribution < -0.4 is 5.32 Å². The quantitative estimate of drug-likeness (QED) is 0.900. The first-order chi connectivity index (χ1) is 9.99. The summed E-state index contributed by atoms with van der Waals surface area (Å²) in [7, 11) is 1.85. The van der Waals surface area contributed by atoms with Crippen LogP contribution in [0.15, 0.2) is 35.7 Å². The molecule has 3 nitrogen and oxygen atoms in total. The third-order valence-electron chi connectivity index (χ3n) is 3.30. The molecule has 0 radical (unpaired) electrons. The van der Waals surface area contributed by atoms with E-state index in [-0.39, 0.29) is 5.91 Å². The van der Waals surface area contributed by atoms with Crippen molar-refractivity contribution in [2.45, 2.75) is 33.4 Å². The first-order valence-electron chi connectivity index (χ1n) is 7.13. The molecule has 2 rings (SSSR count). The van der Waals surface area contributed by atoms with E-state index in [4.69, 9.17) is 0 Å². The van der Waals surface area contributed by atoms with Gasteiger partial charge in [-0.3, -0.25) is 4.79 Å². The van der Waals surface area contributed by atoms with Gasteiger partial charge in [0.15, 0.2) is 0 Å². The molecule has 1 N–H and O–H groups in total. The standard InChI is InChI=1S/C17H22N2OS/c1-12(2)18-15-8-6-5-7-14(15)17(20)19(4)11-16-13(3)9-10-21-16/h5-10,12,18H,11H2,1-4H3. The fourth-order valence-corrected chi connectivity index (χ4v) is 3.12. The molecule has 0 spiro atoms. The maximum atomic E-state index is 12.7. The zero-order valence-corrected chi connectivity index (χ0v) is 13.8. The van der Waals surface area contributed by atoms with Gasteiger partial charge in [0.2, 0.25) is 0 Å². The number of hydrogen-bond donors (Lipinski definition) is 1. The number of benzene rings is 1. The van der Waals surface area contributed by atoms with Gasteiger partial charge in [-0.2, -0.15) is 0 Å². The Bertz CT molecular complexity index is 619. The topological polar surface area (TPSA) is 32.3 Å². The molecule has 0 fully saturated rings. The van der Waals surface area contributed by atoms with E-state index in [1.165, 1.54) is 10.4 Å². The third kappa shape index (κ3) is 3.85. The van der Waals surface area contributed by atoms with Crippen molar-refractivity contribution in [3.8, 4) is 0 Å². The van der Waals surface area contributed by atoms with E-state index >= 15 is 0 Å². The molecule has 0 aliphatic heterocycles. The molecule has 112 valence electrons. The van der Waals surface area contributed by atoms with Crippen LogP contribution in [0.5, 0.6) is 0 Å². The molecule has 1 heterocycles. The van der Waals surface area contributed by atoms with Gasteiger partial charge < -0.3 is 10.2 Å². The van der Waals surface area contributed by atoms with E-state index in [9.17, 15) is 4.79 Å². The Morgan fingerprint density at radius 1 is 1.29 bits per heavy atom. The number of rotatable bonds is 5. The van der Waals surface area contributed by atoms with Crippen molar-refractivity contribution in [2.24, 2.45) is 0 Å². The lowest BCUT2D eigenvalue weighted by Gasteiger charge is -2.20. The summed E-state index contributed by atoms with van der Waals surface area (Å²) >= 11 is 1.70. The number of thiophene rings is 1. The average molecular weight is 302 g/mol. The highest BCUT2D eigenvalue weighted by molar-refractivity contribution is 7.10. The largest absolute Gasteiger partial charge is 0.382 e. The van der Waals surface area contributed by atoms with Gasteiger partial charge in [-0.05, 0) is 49.9 Å². The van der Waals surface area contributed by atoms with Gasteiger partial charge in [0, 0.05) is 23.7 Å². The molecule has 0 atom stereocenters. The van der Waals surface area contributed by atoms with Crippen LogP contribution in [0, 0.1) is 6.92 Å². The smallest absolute Gasteiger partial charge is 0.256 e. The monoisotopic (exact) mass is 302 g/mol. The molecule has 0 saturated carbocycles. The summed E-state index contributed by atoms with van der Waals surface area (Å²) < 4.78 is 0. The number of para-hydroxylation sites is 1. The lowest BCUT2D eigenvalue weighted by Crippen LogP contribution is -2.27.